The van der Waals surface area contributed by atoms with Crippen molar-refractivity contribution in [1.82, 2.24) is 9.97 Å². The third kappa shape index (κ3) is 3.39. The number of hydrogen-bond donors (Lipinski definition) is 2. The summed E-state index contributed by atoms with van der Waals surface area (Å²) in [6, 6.07) is 10.4. The van der Waals surface area contributed by atoms with Crippen molar-refractivity contribution >= 4 is 34.8 Å². The highest BCUT2D eigenvalue weighted by molar-refractivity contribution is 6.30. The molecule has 1 saturated heterocycles. The molecule has 3 rings (SSSR count). The highest BCUT2D eigenvalue weighted by Gasteiger charge is 2.30. The fourth-order valence-electron chi connectivity index (χ4n) is 2.71. The van der Waals surface area contributed by atoms with E-state index < -0.39 is 11.9 Å². The summed E-state index contributed by atoms with van der Waals surface area (Å²) in [5.41, 5.74) is 6.23. The van der Waals surface area contributed by atoms with Gasteiger partial charge >= 0.3 is 0 Å². The van der Waals surface area contributed by atoms with E-state index in [2.05, 4.69) is 15.3 Å². The minimum absolute atomic E-state index is 0.0269. The molecule has 0 bridgehead atoms. The number of carbonyl (C=O) groups is 1. The normalized spacial score (nSPS) is 16.7. The predicted molar refractivity (Wildman–Crippen MR) is 91.0 cm³/mol. The maximum absolute atomic E-state index is 11.6. The summed E-state index contributed by atoms with van der Waals surface area (Å²) in [6.45, 7) is 0.663. The molecule has 1 amide bonds. The largest absolute Gasteiger partial charge is 0.368 e. The van der Waals surface area contributed by atoms with Crippen molar-refractivity contribution in [3.8, 4) is 6.07 Å². The average Bonchev–Trinajstić information content (AvgIpc) is 3.06. The highest BCUT2D eigenvalue weighted by atomic mass is 35.5. The van der Waals surface area contributed by atoms with Crippen LogP contribution in [0, 0.1) is 11.3 Å². The van der Waals surface area contributed by atoms with Gasteiger partial charge in [0.2, 0.25) is 11.7 Å². The van der Waals surface area contributed by atoms with E-state index in [1.165, 1.54) is 0 Å². The van der Waals surface area contributed by atoms with Crippen molar-refractivity contribution in [1.29, 1.82) is 5.26 Å². The number of amides is 1. The monoisotopic (exact) mass is 342 g/mol. The molecule has 2 heterocycles. The van der Waals surface area contributed by atoms with Crippen molar-refractivity contribution in [2.24, 2.45) is 5.73 Å². The zero-order chi connectivity index (χ0) is 17.1. The third-order valence-electron chi connectivity index (χ3n) is 3.80. The third-order valence-corrected chi connectivity index (χ3v) is 4.06. The van der Waals surface area contributed by atoms with Gasteiger partial charge in [0.1, 0.15) is 23.7 Å². The molecule has 122 valence electrons. The summed E-state index contributed by atoms with van der Waals surface area (Å²) in [5, 5.41) is 12.9. The molecular formula is C16H15ClN6O. The van der Waals surface area contributed by atoms with Crippen molar-refractivity contribution in [3.05, 3.63) is 41.2 Å². The van der Waals surface area contributed by atoms with E-state index in [4.69, 9.17) is 17.3 Å². The molecule has 1 aromatic heterocycles. The van der Waals surface area contributed by atoms with Gasteiger partial charge in [-0.3, -0.25) is 4.79 Å². The topological polar surface area (TPSA) is 108 Å². The van der Waals surface area contributed by atoms with Crippen molar-refractivity contribution in [2.45, 2.75) is 18.9 Å². The van der Waals surface area contributed by atoms with Crippen LogP contribution in [0.1, 0.15) is 18.7 Å². The molecule has 3 N–H and O–H groups in total. The number of nitrogens with two attached hydrogens (primary N) is 1. The number of carbonyl (C=O) groups excluding carboxylic acids is 1. The molecule has 7 nitrogen and oxygen atoms in total. The quantitative estimate of drug-likeness (QED) is 0.881. The Morgan fingerprint density at radius 3 is 2.79 bits per heavy atom. The highest BCUT2D eigenvalue weighted by Crippen LogP contribution is 2.27. The number of benzene rings is 1. The lowest BCUT2D eigenvalue weighted by Crippen LogP contribution is -2.40. The predicted octanol–water partition coefficient (Wildman–Crippen LogP) is 2.20. The van der Waals surface area contributed by atoms with Crippen LogP contribution in [0.25, 0.3) is 0 Å². The first-order chi connectivity index (χ1) is 11.6. The molecule has 8 heteroatoms. The molecule has 1 atom stereocenters. The fraction of sp³-hybridized carbons (Fsp3) is 0.250. The fourth-order valence-corrected chi connectivity index (χ4v) is 2.84. The molecule has 0 spiro atoms. The van der Waals surface area contributed by atoms with Gasteiger partial charge in [-0.15, -0.1) is 0 Å². The number of aromatic nitrogens is 2. The van der Waals surface area contributed by atoms with Crippen LogP contribution in [0.3, 0.4) is 0 Å². The zero-order valence-corrected chi connectivity index (χ0v) is 13.5. The van der Waals surface area contributed by atoms with Crippen molar-refractivity contribution in [3.63, 3.8) is 0 Å². The Hall–Kier alpha value is -2.85. The number of primary amides is 1. The summed E-state index contributed by atoms with van der Waals surface area (Å²) in [7, 11) is 0. The lowest BCUT2D eigenvalue weighted by Gasteiger charge is -2.23. The second kappa shape index (κ2) is 6.72. The average molecular weight is 343 g/mol. The van der Waals surface area contributed by atoms with E-state index in [0.717, 1.165) is 12.1 Å². The summed E-state index contributed by atoms with van der Waals surface area (Å²) >= 11 is 5.87. The maximum Gasteiger partial charge on any atom is 0.240 e. The molecule has 0 radical (unpaired) electrons. The molecule has 0 unspecified atom stereocenters. The van der Waals surface area contributed by atoms with Crippen molar-refractivity contribution < 1.29 is 4.79 Å². The van der Waals surface area contributed by atoms with Gasteiger partial charge in [-0.25, -0.2) is 9.97 Å². The number of anilines is 3. The standard InChI is InChI=1S/C16H15ClN6O/c17-10-3-5-11(6-4-10)20-13-8-15(22-14(9-18)21-13)23-7-1-2-12(23)16(19)24/h3-6,8,12H,1-2,7H2,(H2,19,24)(H,20,21,22)/t12-/m0/s1. The second-order valence-electron chi connectivity index (χ2n) is 5.43. The van der Waals surface area contributed by atoms with E-state index in [1.807, 2.05) is 11.0 Å². The Morgan fingerprint density at radius 2 is 2.12 bits per heavy atom. The number of hydrogen-bond acceptors (Lipinski definition) is 6. The number of nitrogens with zero attached hydrogens (tertiary/aromatic N) is 4. The minimum Gasteiger partial charge on any atom is -0.368 e. The number of nitriles is 1. The van der Waals surface area contributed by atoms with Crippen LogP contribution in [-0.4, -0.2) is 28.5 Å². The van der Waals surface area contributed by atoms with Crippen LogP contribution in [0.15, 0.2) is 30.3 Å². The van der Waals surface area contributed by atoms with Gasteiger partial charge in [-0.2, -0.15) is 5.26 Å². The van der Waals surface area contributed by atoms with E-state index in [9.17, 15) is 10.1 Å². The molecule has 1 fully saturated rings. The second-order valence-corrected chi connectivity index (χ2v) is 5.87. The van der Waals surface area contributed by atoms with Crippen molar-refractivity contribution in [2.75, 3.05) is 16.8 Å². The van der Waals surface area contributed by atoms with E-state index in [-0.39, 0.29) is 5.82 Å². The first kappa shape index (κ1) is 16.0. The van der Waals surface area contributed by atoms with Crippen LogP contribution < -0.4 is 16.0 Å². The summed E-state index contributed by atoms with van der Waals surface area (Å²) in [5.74, 6) is 0.615. The number of nitrogens with one attached hydrogen (secondary N) is 1. The number of rotatable bonds is 4. The first-order valence-corrected chi connectivity index (χ1v) is 7.82. The molecule has 0 aliphatic carbocycles. The Labute approximate surface area is 144 Å². The van der Waals surface area contributed by atoms with Gasteiger partial charge in [0.25, 0.3) is 0 Å². The number of halogens is 1. The van der Waals surface area contributed by atoms with E-state index in [1.54, 1.807) is 30.3 Å². The van der Waals surface area contributed by atoms with Gasteiger partial charge in [-0.1, -0.05) is 11.6 Å². The van der Waals surface area contributed by atoms with Crippen LogP contribution in [0.4, 0.5) is 17.3 Å². The molecule has 1 aromatic carbocycles. The zero-order valence-electron chi connectivity index (χ0n) is 12.7. The van der Waals surface area contributed by atoms with Gasteiger partial charge in [0.15, 0.2) is 0 Å². The molecule has 24 heavy (non-hydrogen) atoms. The smallest absolute Gasteiger partial charge is 0.240 e. The van der Waals surface area contributed by atoms with E-state index >= 15 is 0 Å². The molecule has 1 aliphatic rings. The Morgan fingerprint density at radius 1 is 1.38 bits per heavy atom. The summed E-state index contributed by atoms with van der Waals surface area (Å²) < 4.78 is 0. The minimum atomic E-state index is -0.408. The van der Waals surface area contributed by atoms with Gasteiger partial charge < -0.3 is 16.0 Å². The Bertz CT molecular complexity index is 801. The lowest BCUT2D eigenvalue weighted by atomic mass is 10.2. The van der Waals surface area contributed by atoms with E-state index in [0.29, 0.717) is 29.6 Å². The molecule has 2 aromatic rings. The van der Waals surface area contributed by atoms with Crippen LogP contribution in [0.5, 0.6) is 0 Å². The molecular weight excluding hydrogens is 328 g/mol. The Kier molecular flexibility index (Phi) is 4.49. The lowest BCUT2D eigenvalue weighted by molar-refractivity contribution is -0.119. The van der Waals surface area contributed by atoms with Gasteiger partial charge in [0, 0.05) is 23.3 Å². The first-order valence-electron chi connectivity index (χ1n) is 7.44. The maximum atomic E-state index is 11.6. The van der Waals surface area contributed by atoms with Gasteiger partial charge in [-0.05, 0) is 37.1 Å². The Balaban J connectivity index is 1.92. The molecule has 0 saturated carbocycles. The van der Waals surface area contributed by atoms with Gasteiger partial charge in [0.05, 0.1) is 0 Å². The molecule has 1 aliphatic heterocycles. The summed E-state index contributed by atoms with van der Waals surface area (Å²) in [6.07, 6.45) is 1.53. The van der Waals surface area contributed by atoms with Crippen LogP contribution in [0.2, 0.25) is 5.02 Å². The summed E-state index contributed by atoms with van der Waals surface area (Å²) in [4.78, 5) is 21.8. The van der Waals surface area contributed by atoms with Crippen LogP contribution in [-0.2, 0) is 4.79 Å². The van der Waals surface area contributed by atoms with Crippen LogP contribution >= 0.6 is 11.6 Å². The SMILES string of the molecule is N#Cc1nc(Nc2ccc(Cl)cc2)cc(N2CCC[C@H]2C(N)=O)n1.